The average Bonchev–Trinajstić information content (AvgIpc) is 2.52. The highest BCUT2D eigenvalue weighted by Gasteiger charge is 2.09. The topological polar surface area (TPSA) is 39.2 Å². The third-order valence-electron chi connectivity index (χ3n) is 2.08. The highest BCUT2D eigenvalue weighted by Crippen LogP contribution is 2.22. The lowest BCUT2D eigenvalue weighted by Crippen LogP contribution is -2.08. The molecule has 82 valence electrons. The Hall–Kier alpha value is -0.180. The Morgan fingerprint density at radius 3 is 2.64 bits per heavy atom. The fourth-order valence-electron chi connectivity index (χ4n) is 1.28. The normalized spacial score (nSPS) is 12.2. The number of unbranched alkanes of at least 4 members (excludes halogenated alkanes) is 2. The van der Waals surface area contributed by atoms with E-state index in [4.69, 9.17) is 21.8 Å². The van der Waals surface area contributed by atoms with Gasteiger partial charge in [0.1, 0.15) is 5.76 Å². The van der Waals surface area contributed by atoms with Gasteiger partial charge in [-0.05, 0) is 30.2 Å². The monoisotopic (exact) mass is 237 g/mol. The first-order valence-corrected chi connectivity index (χ1v) is 5.12. The Bertz CT molecular complexity index is 250. The predicted octanol–water partition coefficient (Wildman–Crippen LogP) is 3.93. The van der Waals surface area contributed by atoms with Crippen LogP contribution in [0.15, 0.2) is 16.5 Å². The Morgan fingerprint density at radius 1 is 1.43 bits per heavy atom. The van der Waals surface area contributed by atoms with E-state index in [0.717, 1.165) is 18.6 Å². The molecule has 0 aliphatic heterocycles. The quantitative estimate of drug-likeness (QED) is 0.789. The molecular weight excluding hydrogens is 221 g/mol. The molecule has 1 heterocycles. The molecule has 0 radical (unpaired) electrons. The second-order valence-corrected chi connectivity index (χ2v) is 3.62. The van der Waals surface area contributed by atoms with E-state index < -0.39 is 0 Å². The van der Waals surface area contributed by atoms with Crippen molar-refractivity contribution in [2.24, 2.45) is 5.73 Å². The molecule has 0 saturated carbocycles. The summed E-state index contributed by atoms with van der Waals surface area (Å²) in [7, 11) is 0. The van der Waals surface area contributed by atoms with Crippen LogP contribution in [0.4, 0.5) is 0 Å². The summed E-state index contributed by atoms with van der Waals surface area (Å²) < 4.78 is 5.22. The van der Waals surface area contributed by atoms with Gasteiger partial charge in [-0.15, -0.1) is 12.4 Å². The third kappa shape index (κ3) is 4.36. The molecule has 0 amide bonds. The van der Waals surface area contributed by atoms with Gasteiger partial charge in [0.05, 0.1) is 6.04 Å². The van der Waals surface area contributed by atoms with Crippen molar-refractivity contribution in [2.75, 3.05) is 0 Å². The molecule has 0 aliphatic carbocycles. The maximum atomic E-state index is 5.90. The summed E-state index contributed by atoms with van der Waals surface area (Å²) in [6.07, 6.45) is 4.56. The van der Waals surface area contributed by atoms with Crippen LogP contribution in [-0.4, -0.2) is 0 Å². The molecule has 1 aromatic heterocycles. The van der Waals surface area contributed by atoms with Crippen molar-refractivity contribution in [3.8, 4) is 0 Å². The van der Waals surface area contributed by atoms with Crippen LogP contribution in [0.1, 0.15) is 44.4 Å². The molecule has 4 heteroatoms. The SMILES string of the molecule is CCCCC[C@H](N)c1ccc(Cl)o1.Cl. The minimum atomic E-state index is -0.000880. The Balaban J connectivity index is 0.00000169. The van der Waals surface area contributed by atoms with Gasteiger partial charge in [0, 0.05) is 0 Å². The fraction of sp³-hybridized carbons (Fsp3) is 0.600. The summed E-state index contributed by atoms with van der Waals surface area (Å²) in [4.78, 5) is 0. The number of furan rings is 1. The van der Waals surface area contributed by atoms with Crippen LogP contribution in [0.25, 0.3) is 0 Å². The number of rotatable bonds is 5. The van der Waals surface area contributed by atoms with Crippen LogP contribution >= 0.6 is 24.0 Å². The lowest BCUT2D eigenvalue weighted by Gasteiger charge is -2.07. The van der Waals surface area contributed by atoms with Crippen LogP contribution in [0.2, 0.25) is 5.22 Å². The minimum Gasteiger partial charge on any atom is -0.448 e. The molecule has 0 bridgehead atoms. The van der Waals surface area contributed by atoms with Gasteiger partial charge in [-0.3, -0.25) is 0 Å². The molecule has 1 atom stereocenters. The van der Waals surface area contributed by atoms with E-state index in [2.05, 4.69) is 6.92 Å². The molecule has 2 nitrogen and oxygen atoms in total. The maximum Gasteiger partial charge on any atom is 0.193 e. The smallest absolute Gasteiger partial charge is 0.193 e. The molecule has 0 saturated heterocycles. The molecular formula is C10H17Cl2NO. The number of hydrogen-bond donors (Lipinski definition) is 1. The lowest BCUT2D eigenvalue weighted by molar-refractivity contribution is 0.443. The van der Waals surface area contributed by atoms with E-state index in [9.17, 15) is 0 Å². The summed E-state index contributed by atoms with van der Waals surface area (Å²) in [6, 6.07) is 3.58. The van der Waals surface area contributed by atoms with E-state index >= 15 is 0 Å². The standard InChI is InChI=1S/C10H16ClNO.ClH/c1-2-3-4-5-8(12)9-6-7-10(11)13-9;/h6-8H,2-5,12H2,1H3;1H/t8-;/m0./s1. The number of halogens is 2. The maximum absolute atomic E-state index is 5.90. The predicted molar refractivity (Wildman–Crippen MR) is 62.0 cm³/mol. The first kappa shape index (κ1) is 13.8. The van der Waals surface area contributed by atoms with E-state index in [-0.39, 0.29) is 18.4 Å². The van der Waals surface area contributed by atoms with Crippen LogP contribution in [0.3, 0.4) is 0 Å². The molecule has 14 heavy (non-hydrogen) atoms. The summed E-state index contributed by atoms with van der Waals surface area (Å²) in [6.45, 7) is 2.18. The molecule has 0 fully saturated rings. The number of nitrogens with two attached hydrogens (primary N) is 1. The van der Waals surface area contributed by atoms with Crippen LogP contribution in [0.5, 0.6) is 0 Å². The van der Waals surface area contributed by atoms with Crippen molar-refractivity contribution in [1.82, 2.24) is 0 Å². The first-order chi connectivity index (χ1) is 6.24. The highest BCUT2D eigenvalue weighted by atomic mass is 35.5. The third-order valence-corrected chi connectivity index (χ3v) is 2.28. The van der Waals surface area contributed by atoms with Crippen molar-refractivity contribution in [2.45, 2.75) is 38.6 Å². The summed E-state index contributed by atoms with van der Waals surface area (Å²) >= 11 is 5.64. The van der Waals surface area contributed by atoms with Crippen molar-refractivity contribution in [3.63, 3.8) is 0 Å². The molecule has 0 unspecified atom stereocenters. The molecule has 0 aromatic carbocycles. The highest BCUT2D eigenvalue weighted by molar-refractivity contribution is 6.28. The van der Waals surface area contributed by atoms with E-state index in [1.807, 2.05) is 6.07 Å². The second kappa shape index (κ2) is 7.16. The zero-order valence-electron chi connectivity index (χ0n) is 8.33. The lowest BCUT2D eigenvalue weighted by atomic mass is 10.1. The van der Waals surface area contributed by atoms with Gasteiger partial charge in [-0.25, -0.2) is 0 Å². The van der Waals surface area contributed by atoms with E-state index in [1.165, 1.54) is 12.8 Å². The molecule has 1 rings (SSSR count). The van der Waals surface area contributed by atoms with Crippen LogP contribution in [0, 0.1) is 0 Å². The van der Waals surface area contributed by atoms with Crippen molar-refractivity contribution in [1.29, 1.82) is 0 Å². The van der Waals surface area contributed by atoms with Gasteiger partial charge in [-0.1, -0.05) is 26.2 Å². The molecule has 1 aromatic rings. The summed E-state index contributed by atoms with van der Waals surface area (Å²) in [5.41, 5.74) is 5.90. The van der Waals surface area contributed by atoms with Gasteiger partial charge in [0.2, 0.25) is 0 Å². The summed E-state index contributed by atoms with van der Waals surface area (Å²) in [5.74, 6) is 0.793. The zero-order chi connectivity index (χ0) is 9.68. The van der Waals surface area contributed by atoms with Gasteiger partial charge in [0.15, 0.2) is 5.22 Å². The fourth-order valence-corrected chi connectivity index (χ4v) is 1.44. The van der Waals surface area contributed by atoms with Crippen molar-refractivity contribution < 1.29 is 4.42 Å². The first-order valence-electron chi connectivity index (χ1n) is 4.75. The molecule has 0 aliphatic rings. The van der Waals surface area contributed by atoms with Gasteiger partial charge in [-0.2, -0.15) is 0 Å². The number of hydrogen-bond acceptors (Lipinski definition) is 2. The van der Waals surface area contributed by atoms with Gasteiger partial charge in [0.25, 0.3) is 0 Å². The van der Waals surface area contributed by atoms with E-state index in [1.54, 1.807) is 6.07 Å². The largest absolute Gasteiger partial charge is 0.448 e. The van der Waals surface area contributed by atoms with E-state index in [0.29, 0.717) is 5.22 Å². The van der Waals surface area contributed by atoms with Crippen molar-refractivity contribution in [3.05, 3.63) is 23.1 Å². The minimum absolute atomic E-state index is 0. The Morgan fingerprint density at radius 2 is 2.14 bits per heavy atom. The van der Waals surface area contributed by atoms with Gasteiger partial charge >= 0.3 is 0 Å². The van der Waals surface area contributed by atoms with Gasteiger partial charge < -0.3 is 10.2 Å². The average molecular weight is 238 g/mol. The Kier molecular flexibility index (Phi) is 7.06. The van der Waals surface area contributed by atoms with Crippen LogP contribution < -0.4 is 5.73 Å². The summed E-state index contributed by atoms with van der Waals surface area (Å²) in [5, 5.41) is 0.418. The molecule has 2 N–H and O–H groups in total. The zero-order valence-corrected chi connectivity index (χ0v) is 9.90. The van der Waals surface area contributed by atoms with Crippen LogP contribution in [-0.2, 0) is 0 Å². The molecule has 0 spiro atoms. The second-order valence-electron chi connectivity index (χ2n) is 3.24. The Labute approximate surface area is 96.2 Å². The van der Waals surface area contributed by atoms with Crippen molar-refractivity contribution >= 4 is 24.0 Å².